The third kappa shape index (κ3) is 1.93. The Balaban J connectivity index is 1.74. The van der Waals surface area contributed by atoms with Crippen molar-refractivity contribution in [2.24, 2.45) is 0 Å². The molecule has 3 aliphatic rings. The Morgan fingerprint density at radius 3 is 1.61 bits per heavy atom. The van der Waals surface area contributed by atoms with Crippen LogP contribution in [0.25, 0.3) is 12.2 Å². The molecule has 1 aliphatic heterocycles. The van der Waals surface area contributed by atoms with Crippen molar-refractivity contribution in [2.75, 3.05) is 0 Å². The Kier molecular flexibility index (Phi) is 3.02. The first-order valence-corrected chi connectivity index (χ1v) is 14.7. The van der Waals surface area contributed by atoms with E-state index in [1.807, 2.05) is 0 Å². The molecule has 1 heterocycles. The monoisotopic (exact) mass is 376 g/mol. The van der Waals surface area contributed by atoms with Crippen LogP contribution in [0.3, 0.4) is 0 Å². The summed E-state index contributed by atoms with van der Waals surface area (Å²) in [6.45, 7) is 4.55. The Bertz CT molecular complexity index is 823. The fourth-order valence-corrected chi connectivity index (χ4v) is 18.0. The van der Waals surface area contributed by atoms with E-state index in [9.17, 15) is 0 Å². The molecule has 2 aliphatic carbocycles. The van der Waals surface area contributed by atoms with Gasteiger partial charge in [-0.2, -0.15) is 0 Å². The van der Waals surface area contributed by atoms with Crippen molar-refractivity contribution in [1.29, 1.82) is 0 Å². The summed E-state index contributed by atoms with van der Waals surface area (Å²) in [5, 5.41) is 0. The summed E-state index contributed by atoms with van der Waals surface area (Å²) in [6, 6.07) is 9.78. The van der Waals surface area contributed by atoms with Gasteiger partial charge in [-0.3, -0.25) is 0 Å². The minimum absolute atomic E-state index is 1.14. The third-order valence-corrected chi connectivity index (χ3v) is 17.1. The number of rotatable bonds is 2. The van der Waals surface area contributed by atoms with E-state index < -0.39 is 20.3 Å². The van der Waals surface area contributed by atoms with Crippen molar-refractivity contribution in [1.82, 2.24) is 0 Å². The molecule has 23 heavy (non-hydrogen) atoms. The summed E-state index contributed by atoms with van der Waals surface area (Å²) < 4.78 is 6.56. The second-order valence-electron chi connectivity index (χ2n) is 7.44. The molecule has 0 amide bonds. The SMILES string of the molecule is Cc1cc[c]([Zr]2([c]3ccc(C)c4c3C=CC4)[CH2][CH2]2)c2c1CC=C2. The molecule has 1 fully saturated rings. The number of benzene rings is 2. The number of hydrogen-bond acceptors (Lipinski definition) is 0. The van der Waals surface area contributed by atoms with E-state index in [1.54, 1.807) is 28.8 Å². The molecule has 0 N–H and O–H groups in total. The topological polar surface area (TPSA) is 0 Å². The van der Waals surface area contributed by atoms with Crippen molar-refractivity contribution < 1.29 is 20.3 Å². The maximum atomic E-state index is 2.50. The van der Waals surface area contributed by atoms with E-state index in [1.165, 1.54) is 19.4 Å². The van der Waals surface area contributed by atoms with Gasteiger partial charge in [0.25, 0.3) is 0 Å². The van der Waals surface area contributed by atoms with E-state index in [-0.39, 0.29) is 0 Å². The molecule has 2 aromatic carbocycles. The summed E-state index contributed by atoms with van der Waals surface area (Å²) in [7, 11) is 0. The van der Waals surface area contributed by atoms with Crippen LogP contribution in [0.1, 0.15) is 33.4 Å². The Morgan fingerprint density at radius 2 is 1.17 bits per heavy atom. The Morgan fingerprint density at radius 1 is 0.696 bits per heavy atom. The summed E-state index contributed by atoms with van der Waals surface area (Å²) >= 11 is -2.35. The van der Waals surface area contributed by atoms with Gasteiger partial charge in [-0.15, -0.1) is 0 Å². The van der Waals surface area contributed by atoms with Crippen molar-refractivity contribution >= 4 is 18.7 Å². The first-order valence-electron chi connectivity index (χ1n) is 8.80. The van der Waals surface area contributed by atoms with Crippen LogP contribution in [0.4, 0.5) is 0 Å². The standard InChI is InChI=1S/2C10H9.C2H4.Zr/c2*1-8-4-2-5-9-6-3-7-10(8)9;1-2;/h2*2-4,6H,7H2,1H3;1-2H2;. The zero-order valence-electron chi connectivity index (χ0n) is 13.9. The fraction of sp³-hybridized carbons (Fsp3) is 0.273. The molecule has 0 aromatic heterocycles. The number of fused-ring (bicyclic) bond motifs is 2. The van der Waals surface area contributed by atoms with Crippen LogP contribution in [-0.2, 0) is 33.1 Å². The molecule has 2 aromatic rings. The van der Waals surface area contributed by atoms with Gasteiger partial charge in [0.2, 0.25) is 0 Å². The molecular formula is C22H22Zr. The van der Waals surface area contributed by atoms with Gasteiger partial charge in [-0.25, -0.2) is 0 Å². The molecule has 5 rings (SSSR count). The van der Waals surface area contributed by atoms with Gasteiger partial charge in [-0.1, -0.05) is 0 Å². The average molecular weight is 378 g/mol. The molecule has 1 heteroatoms. The molecule has 114 valence electrons. The first kappa shape index (κ1) is 14.2. The molecule has 1 saturated heterocycles. The fourth-order valence-electron chi connectivity index (χ4n) is 4.70. The van der Waals surface area contributed by atoms with E-state index in [4.69, 9.17) is 0 Å². The van der Waals surface area contributed by atoms with Gasteiger partial charge in [0.05, 0.1) is 0 Å². The van der Waals surface area contributed by atoms with Crippen LogP contribution in [-0.4, -0.2) is 0 Å². The number of hydrogen-bond donors (Lipinski definition) is 0. The molecule has 0 bridgehead atoms. The summed E-state index contributed by atoms with van der Waals surface area (Å²) in [5.74, 6) is 0. The summed E-state index contributed by atoms with van der Waals surface area (Å²) in [6.07, 6.45) is 11.8. The van der Waals surface area contributed by atoms with Crippen LogP contribution in [0.2, 0.25) is 8.26 Å². The van der Waals surface area contributed by atoms with Gasteiger partial charge in [0.1, 0.15) is 0 Å². The van der Waals surface area contributed by atoms with Crippen molar-refractivity contribution in [3.8, 4) is 0 Å². The predicted molar refractivity (Wildman–Crippen MR) is 96.7 cm³/mol. The summed E-state index contributed by atoms with van der Waals surface area (Å²) in [4.78, 5) is 0. The molecule has 0 radical (unpaired) electrons. The molecule has 0 unspecified atom stereocenters. The minimum atomic E-state index is -2.35. The zero-order chi connectivity index (χ0) is 15.6. The van der Waals surface area contributed by atoms with E-state index in [2.05, 4.69) is 62.4 Å². The van der Waals surface area contributed by atoms with Gasteiger partial charge >= 0.3 is 144 Å². The van der Waals surface area contributed by atoms with Crippen molar-refractivity contribution in [2.45, 2.75) is 34.9 Å². The van der Waals surface area contributed by atoms with Gasteiger partial charge in [0, 0.05) is 0 Å². The van der Waals surface area contributed by atoms with E-state index in [0.29, 0.717) is 0 Å². The normalized spacial score (nSPS) is 19.0. The molecule has 0 nitrogen and oxygen atoms in total. The van der Waals surface area contributed by atoms with Crippen LogP contribution < -0.4 is 6.54 Å². The van der Waals surface area contributed by atoms with Crippen molar-refractivity contribution in [3.05, 3.63) is 69.8 Å². The van der Waals surface area contributed by atoms with Gasteiger partial charge < -0.3 is 0 Å². The Hall–Kier alpha value is -1.20. The molecule has 0 spiro atoms. The molecular weight excluding hydrogens is 355 g/mol. The predicted octanol–water partition coefficient (Wildman–Crippen LogP) is 4.40. The second kappa shape index (κ2) is 4.90. The average Bonchev–Trinajstić information content (AvgIpc) is 3.00. The zero-order valence-corrected chi connectivity index (χ0v) is 16.4. The number of aryl methyl sites for hydroxylation is 2. The second-order valence-corrected chi connectivity index (χ2v) is 17.9. The van der Waals surface area contributed by atoms with Crippen LogP contribution >= 0.6 is 0 Å². The van der Waals surface area contributed by atoms with Crippen LogP contribution in [0.5, 0.6) is 0 Å². The maximum absolute atomic E-state index is 2.50. The van der Waals surface area contributed by atoms with Gasteiger partial charge in [-0.05, 0) is 0 Å². The van der Waals surface area contributed by atoms with Gasteiger partial charge in [0.15, 0.2) is 0 Å². The van der Waals surface area contributed by atoms with E-state index >= 15 is 0 Å². The first-order chi connectivity index (χ1) is 11.2. The Labute approximate surface area is 143 Å². The van der Waals surface area contributed by atoms with E-state index in [0.717, 1.165) is 12.8 Å². The molecule has 0 atom stereocenters. The third-order valence-electron chi connectivity index (χ3n) is 6.18. The van der Waals surface area contributed by atoms with Crippen LogP contribution in [0.15, 0.2) is 36.4 Å². The number of allylic oxidation sites excluding steroid dienone is 2. The quantitative estimate of drug-likeness (QED) is 0.728. The molecule has 0 saturated carbocycles. The van der Waals surface area contributed by atoms with Crippen LogP contribution in [0, 0.1) is 13.8 Å². The van der Waals surface area contributed by atoms with Crippen molar-refractivity contribution in [3.63, 3.8) is 0 Å². The summed E-state index contributed by atoms with van der Waals surface area (Å²) in [5.41, 5.74) is 9.37.